The van der Waals surface area contributed by atoms with Gasteiger partial charge >= 0.3 is 0 Å². The van der Waals surface area contributed by atoms with E-state index in [2.05, 4.69) is 37.9 Å². The van der Waals surface area contributed by atoms with Crippen LogP contribution in [-0.2, 0) is 4.79 Å². The van der Waals surface area contributed by atoms with E-state index in [-0.39, 0.29) is 0 Å². The molecular formula is C14H26N2OS. The van der Waals surface area contributed by atoms with Gasteiger partial charge in [0.25, 0.3) is 0 Å². The average molecular weight is 270 g/mol. The molecule has 2 fully saturated rings. The largest absolute Gasteiger partial charge is 0.338 e. The molecule has 104 valence electrons. The second-order valence-corrected chi connectivity index (χ2v) is 8.52. The molecule has 18 heavy (non-hydrogen) atoms. The summed E-state index contributed by atoms with van der Waals surface area (Å²) >= 11 is 1.98. The van der Waals surface area contributed by atoms with Gasteiger partial charge in [-0.1, -0.05) is 20.8 Å². The molecule has 0 aromatic rings. The zero-order valence-corrected chi connectivity index (χ0v) is 12.8. The summed E-state index contributed by atoms with van der Waals surface area (Å²) < 4.78 is 0.321. The quantitative estimate of drug-likeness (QED) is 0.832. The Balaban J connectivity index is 1.71. The van der Waals surface area contributed by atoms with Crippen molar-refractivity contribution in [3.8, 4) is 0 Å². The highest BCUT2D eigenvalue weighted by molar-refractivity contribution is 8.00. The zero-order chi connectivity index (χ0) is 13.3. The predicted octanol–water partition coefficient (Wildman–Crippen LogP) is 2.26. The lowest BCUT2D eigenvalue weighted by molar-refractivity contribution is -0.128. The number of nitrogens with one attached hydrogen (secondary N) is 1. The molecule has 0 spiro atoms. The van der Waals surface area contributed by atoms with Crippen LogP contribution >= 0.6 is 11.8 Å². The first-order valence-corrected chi connectivity index (χ1v) is 8.03. The highest BCUT2D eigenvalue weighted by Crippen LogP contribution is 2.31. The normalized spacial score (nSPS) is 26.8. The minimum Gasteiger partial charge on any atom is -0.338 e. The molecule has 1 aliphatic heterocycles. The number of hydrogen-bond acceptors (Lipinski definition) is 3. The van der Waals surface area contributed by atoms with Crippen molar-refractivity contribution < 1.29 is 4.79 Å². The average Bonchev–Trinajstić information content (AvgIpc) is 3.01. The SMILES string of the molecule is C[C@H](CSC(C)(C)C)N[C@@H]1CC(=O)N(C2CC2)C1. The molecule has 0 aromatic heterocycles. The van der Waals surface area contributed by atoms with Crippen molar-refractivity contribution in [2.24, 2.45) is 0 Å². The van der Waals surface area contributed by atoms with Crippen LogP contribution in [0.3, 0.4) is 0 Å². The van der Waals surface area contributed by atoms with E-state index in [0.29, 0.717) is 35.2 Å². The first kappa shape index (κ1) is 14.2. The number of thioether (sulfide) groups is 1. The summed E-state index contributed by atoms with van der Waals surface area (Å²) in [6.45, 7) is 9.89. The molecule has 0 radical (unpaired) electrons. The minimum absolute atomic E-state index is 0.321. The van der Waals surface area contributed by atoms with Crippen LogP contribution < -0.4 is 5.32 Å². The van der Waals surface area contributed by atoms with Crippen LogP contribution in [0, 0.1) is 0 Å². The molecule has 0 unspecified atom stereocenters. The standard InChI is InChI=1S/C14H26N2OS/c1-10(9-18-14(2,3)4)15-11-7-13(17)16(8-11)12-5-6-12/h10-12,15H,5-9H2,1-4H3/t10-,11-/m1/s1. The molecule has 1 aliphatic carbocycles. The summed E-state index contributed by atoms with van der Waals surface area (Å²) in [5.74, 6) is 1.46. The monoisotopic (exact) mass is 270 g/mol. The van der Waals surface area contributed by atoms with Gasteiger partial charge in [-0.3, -0.25) is 4.79 Å². The van der Waals surface area contributed by atoms with E-state index < -0.39 is 0 Å². The van der Waals surface area contributed by atoms with Crippen LogP contribution in [0.25, 0.3) is 0 Å². The number of rotatable bonds is 5. The van der Waals surface area contributed by atoms with Gasteiger partial charge in [0.1, 0.15) is 0 Å². The van der Waals surface area contributed by atoms with E-state index in [1.165, 1.54) is 12.8 Å². The number of carbonyl (C=O) groups is 1. The highest BCUT2D eigenvalue weighted by Gasteiger charge is 2.39. The first-order valence-electron chi connectivity index (χ1n) is 7.04. The fourth-order valence-electron chi connectivity index (χ4n) is 2.41. The predicted molar refractivity (Wildman–Crippen MR) is 77.9 cm³/mol. The van der Waals surface area contributed by atoms with Crippen molar-refractivity contribution >= 4 is 17.7 Å². The third kappa shape index (κ3) is 4.16. The summed E-state index contributed by atoms with van der Waals surface area (Å²) in [7, 11) is 0. The van der Waals surface area contributed by atoms with Crippen LogP contribution in [0.1, 0.15) is 47.0 Å². The third-order valence-corrected chi connectivity index (χ3v) is 4.97. The summed E-state index contributed by atoms with van der Waals surface area (Å²) in [4.78, 5) is 13.9. The van der Waals surface area contributed by atoms with E-state index in [9.17, 15) is 4.79 Å². The maximum absolute atomic E-state index is 11.8. The molecule has 2 rings (SSSR count). The van der Waals surface area contributed by atoms with Crippen LogP contribution in [-0.4, -0.2) is 46.0 Å². The van der Waals surface area contributed by atoms with Crippen molar-refractivity contribution in [2.45, 2.75) is 69.8 Å². The van der Waals surface area contributed by atoms with Crippen molar-refractivity contribution in [1.29, 1.82) is 0 Å². The van der Waals surface area contributed by atoms with Gasteiger partial charge in [-0.05, 0) is 19.8 Å². The van der Waals surface area contributed by atoms with E-state index in [0.717, 1.165) is 12.3 Å². The molecule has 0 aromatic carbocycles. The Bertz CT molecular complexity index is 309. The summed E-state index contributed by atoms with van der Waals surface area (Å²) in [5.41, 5.74) is 0. The fraction of sp³-hybridized carbons (Fsp3) is 0.929. The summed E-state index contributed by atoms with van der Waals surface area (Å²) in [6, 6.07) is 1.42. The molecule has 0 bridgehead atoms. The van der Waals surface area contributed by atoms with E-state index in [1.54, 1.807) is 0 Å². The first-order chi connectivity index (χ1) is 8.35. The highest BCUT2D eigenvalue weighted by atomic mass is 32.2. The molecule has 2 aliphatic rings. The van der Waals surface area contributed by atoms with Crippen molar-refractivity contribution in [2.75, 3.05) is 12.3 Å². The van der Waals surface area contributed by atoms with Gasteiger partial charge in [0.2, 0.25) is 5.91 Å². The number of nitrogens with zero attached hydrogens (tertiary/aromatic N) is 1. The van der Waals surface area contributed by atoms with Crippen LogP contribution in [0.5, 0.6) is 0 Å². The van der Waals surface area contributed by atoms with Gasteiger partial charge in [0.05, 0.1) is 0 Å². The molecule has 3 nitrogen and oxygen atoms in total. The molecular weight excluding hydrogens is 244 g/mol. The second-order valence-electron chi connectivity index (χ2n) is 6.67. The lowest BCUT2D eigenvalue weighted by Gasteiger charge is -2.24. The van der Waals surface area contributed by atoms with Gasteiger partial charge < -0.3 is 10.2 Å². The van der Waals surface area contributed by atoms with Gasteiger partial charge in [-0.15, -0.1) is 0 Å². The summed E-state index contributed by atoms with van der Waals surface area (Å²) in [5, 5.41) is 3.61. The fourth-order valence-corrected chi connectivity index (χ4v) is 3.25. The van der Waals surface area contributed by atoms with Crippen molar-refractivity contribution in [3.05, 3.63) is 0 Å². The van der Waals surface area contributed by atoms with Gasteiger partial charge in [0, 0.05) is 41.6 Å². The molecule has 1 N–H and O–H groups in total. The third-order valence-electron chi connectivity index (χ3n) is 3.43. The van der Waals surface area contributed by atoms with E-state index in [1.807, 2.05) is 11.8 Å². The lowest BCUT2D eigenvalue weighted by atomic mass is 10.2. The van der Waals surface area contributed by atoms with Gasteiger partial charge in [0.15, 0.2) is 0 Å². The smallest absolute Gasteiger partial charge is 0.224 e. The maximum Gasteiger partial charge on any atom is 0.224 e. The van der Waals surface area contributed by atoms with Crippen LogP contribution in [0.4, 0.5) is 0 Å². The Morgan fingerprint density at radius 1 is 1.44 bits per heavy atom. The Morgan fingerprint density at radius 3 is 2.67 bits per heavy atom. The second kappa shape index (κ2) is 5.41. The maximum atomic E-state index is 11.8. The van der Waals surface area contributed by atoms with E-state index >= 15 is 0 Å². The van der Waals surface area contributed by atoms with E-state index in [4.69, 9.17) is 0 Å². The Morgan fingerprint density at radius 2 is 2.11 bits per heavy atom. The number of amides is 1. The van der Waals surface area contributed by atoms with Gasteiger partial charge in [-0.25, -0.2) is 0 Å². The Labute approximate surface area is 115 Å². The number of carbonyl (C=O) groups excluding carboxylic acids is 1. The lowest BCUT2D eigenvalue weighted by Crippen LogP contribution is -2.40. The Hall–Kier alpha value is -0.220. The van der Waals surface area contributed by atoms with Gasteiger partial charge in [-0.2, -0.15) is 11.8 Å². The van der Waals surface area contributed by atoms with Crippen LogP contribution in [0.15, 0.2) is 0 Å². The molecule has 1 saturated carbocycles. The molecule has 2 atom stereocenters. The van der Waals surface area contributed by atoms with Crippen LogP contribution in [0.2, 0.25) is 0 Å². The Kier molecular flexibility index (Phi) is 4.27. The topological polar surface area (TPSA) is 32.3 Å². The number of likely N-dealkylation sites (tertiary alicyclic amines) is 1. The number of hydrogen-bond donors (Lipinski definition) is 1. The molecule has 1 amide bonds. The molecule has 4 heteroatoms. The van der Waals surface area contributed by atoms with Crippen molar-refractivity contribution in [3.63, 3.8) is 0 Å². The zero-order valence-electron chi connectivity index (χ0n) is 12.0. The minimum atomic E-state index is 0.321. The van der Waals surface area contributed by atoms with Crippen molar-refractivity contribution in [1.82, 2.24) is 10.2 Å². The molecule has 1 saturated heterocycles. The molecule has 1 heterocycles. The summed E-state index contributed by atoms with van der Waals surface area (Å²) in [6.07, 6.45) is 3.13.